The van der Waals surface area contributed by atoms with Crippen molar-refractivity contribution >= 4 is 28.4 Å². The van der Waals surface area contributed by atoms with E-state index in [2.05, 4.69) is 27.1 Å². The molecule has 0 amide bonds. The van der Waals surface area contributed by atoms with Crippen molar-refractivity contribution in [1.82, 2.24) is 9.55 Å². The van der Waals surface area contributed by atoms with E-state index in [0.717, 1.165) is 11.1 Å². The molecule has 1 unspecified atom stereocenters. The topological polar surface area (TPSA) is 58.3 Å². The first-order valence-corrected chi connectivity index (χ1v) is 8.62. The first-order chi connectivity index (χ1) is 7.61. The van der Waals surface area contributed by atoms with E-state index >= 15 is 0 Å². The summed E-state index contributed by atoms with van der Waals surface area (Å²) in [5.74, 6) is 0.194. The predicted molar refractivity (Wildman–Crippen MR) is 73.5 cm³/mol. The summed E-state index contributed by atoms with van der Waals surface area (Å²) >= 11 is 2.23. The summed E-state index contributed by atoms with van der Waals surface area (Å²) in [6, 6.07) is 3.26. The zero-order valence-corrected chi connectivity index (χ0v) is 11.6. The molecule has 2 aromatic rings. The fourth-order valence-corrected chi connectivity index (χ4v) is 2.45. The molecule has 0 fully saturated rings. The Bertz CT molecular complexity index is 504. The summed E-state index contributed by atoms with van der Waals surface area (Å²) in [5, 5.41) is 23.4. The molecule has 0 bridgehead atoms. The second-order valence-corrected chi connectivity index (χ2v) is 5.47. The zero-order chi connectivity index (χ0) is 11.7. The van der Waals surface area contributed by atoms with Crippen LogP contribution >= 0.6 is 28.4 Å². The summed E-state index contributed by atoms with van der Waals surface area (Å²) in [6.07, 6.45) is 4.14. The molecule has 0 saturated carbocycles. The van der Waals surface area contributed by atoms with Gasteiger partial charge in [0.1, 0.15) is 11.5 Å². The van der Waals surface area contributed by atoms with Gasteiger partial charge in [-0.1, -0.05) is 0 Å². The summed E-state index contributed by atoms with van der Waals surface area (Å²) in [4.78, 5) is 0. The fraction of sp³-hybridized carbons (Fsp3) is 0.100. The van der Waals surface area contributed by atoms with Crippen molar-refractivity contribution < 1.29 is 10.2 Å². The van der Waals surface area contributed by atoms with E-state index in [4.69, 9.17) is 0 Å². The number of rotatable bonds is 2. The minimum Gasteiger partial charge on any atom is -0.508 e. The highest BCUT2D eigenvalue weighted by Gasteiger charge is 2.08. The van der Waals surface area contributed by atoms with Crippen molar-refractivity contribution in [3.05, 3.63) is 30.1 Å². The Hall–Kier alpha value is -0.810. The van der Waals surface area contributed by atoms with Crippen LogP contribution in [0.15, 0.2) is 24.5 Å². The number of nitrogens with zero attached hydrogens (tertiary/aromatic N) is 2. The standard InChI is InChI=1S/C10H10IN2O2P/c1-6-9(14)2-7(3-10(6)15)8-4-12-13(5-8)16-11/h2-5,14-16H,1H3. The molecule has 4 nitrogen and oxygen atoms in total. The van der Waals surface area contributed by atoms with Crippen LogP contribution in [0.3, 0.4) is 0 Å². The maximum absolute atomic E-state index is 9.62. The van der Waals surface area contributed by atoms with Crippen LogP contribution in [0.25, 0.3) is 11.1 Å². The van der Waals surface area contributed by atoms with Crippen LogP contribution in [0.4, 0.5) is 0 Å². The lowest BCUT2D eigenvalue weighted by Gasteiger charge is -2.04. The lowest BCUT2D eigenvalue weighted by Crippen LogP contribution is -1.80. The summed E-state index contributed by atoms with van der Waals surface area (Å²) in [7, 11) is 0. The van der Waals surface area contributed by atoms with Gasteiger partial charge in [-0.05, 0) is 46.7 Å². The molecule has 0 aliphatic heterocycles. The van der Waals surface area contributed by atoms with Gasteiger partial charge in [-0.15, -0.1) is 0 Å². The molecule has 0 aliphatic carbocycles. The van der Waals surface area contributed by atoms with E-state index in [-0.39, 0.29) is 11.5 Å². The minimum atomic E-state index is 0.0969. The molecule has 1 aromatic heterocycles. The van der Waals surface area contributed by atoms with Gasteiger partial charge in [-0.2, -0.15) is 5.10 Å². The van der Waals surface area contributed by atoms with Gasteiger partial charge in [0.2, 0.25) is 0 Å². The SMILES string of the molecule is Cc1c(O)cc(-c2cnn(PI)c2)cc1O. The molecule has 1 aromatic carbocycles. The van der Waals surface area contributed by atoms with E-state index in [9.17, 15) is 10.2 Å². The Labute approximate surface area is 108 Å². The summed E-state index contributed by atoms with van der Waals surface area (Å²) in [5.41, 5.74) is 2.14. The van der Waals surface area contributed by atoms with Crippen LogP contribution in [0.2, 0.25) is 0 Å². The molecule has 0 aliphatic rings. The molecule has 6 heteroatoms. The Balaban J connectivity index is 2.48. The molecule has 84 valence electrons. The van der Waals surface area contributed by atoms with Crippen LogP contribution in [-0.2, 0) is 0 Å². The van der Waals surface area contributed by atoms with Crippen LogP contribution in [-0.4, -0.2) is 19.8 Å². The Kier molecular flexibility index (Phi) is 3.35. The van der Waals surface area contributed by atoms with Crippen LogP contribution in [0.5, 0.6) is 11.5 Å². The minimum absolute atomic E-state index is 0.0969. The fourth-order valence-electron chi connectivity index (χ4n) is 1.37. The average Bonchev–Trinajstić information content (AvgIpc) is 2.73. The molecule has 0 radical (unpaired) electrons. The maximum Gasteiger partial charge on any atom is 0.122 e. The maximum atomic E-state index is 9.62. The quantitative estimate of drug-likeness (QED) is 0.648. The Morgan fingerprint density at radius 3 is 2.38 bits per heavy atom. The third-order valence-corrected chi connectivity index (χ3v) is 4.26. The smallest absolute Gasteiger partial charge is 0.122 e. The number of phenolic OH excluding ortho intramolecular Hbond substituents is 2. The number of hydrogen-bond acceptors (Lipinski definition) is 3. The molecule has 2 N–H and O–H groups in total. The van der Waals surface area contributed by atoms with Gasteiger partial charge in [-0.25, -0.2) is 4.45 Å². The normalized spacial score (nSPS) is 11.4. The number of phenols is 2. The lowest BCUT2D eigenvalue weighted by molar-refractivity contribution is 0.444. The third-order valence-electron chi connectivity index (χ3n) is 2.36. The van der Waals surface area contributed by atoms with Crippen LogP contribution in [0.1, 0.15) is 5.56 Å². The predicted octanol–water partition coefficient (Wildman–Crippen LogP) is 3.06. The molecular weight excluding hydrogens is 338 g/mol. The van der Waals surface area contributed by atoms with Gasteiger partial charge in [0.25, 0.3) is 0 Å². The number of halogens is 1. The monoisotopic (exact) mass is 348 g/mol. The van der Waals surface area contributed by atoms with Crippen LogP contribution in [0, 0.1) is 6.92 Å². The molecule has 16 heavy (non-hydrogen) atoms. The zero-order valence-electron chi connectivity index (χ0n) is 8.48. The molecule has 0 saturated heterocycles. The second-order valence-electron chi connectivity index (χ2n) is 3.40. The van der Waals surface area contributed by atoms with Crippen molar-refractivity contribution in [1.29, 1.82) is 0 Å². The van der Waals surface area contributed by atoms with Crippen molar-refractivity contribution in [2.24, 2.45) is 0 Å². The molecule has 1 atom stereocenters. The largest absolute Gasteiger partial charge is 0.508 e. The van der Waals surface area contributed by atoms with Crippen molar-refractivity contribution in [3.8, 4) is 22.6 Å². The Morgan fingerprint density at radius 2 is 1.88 bits per heavy atom. The van der Waals surface area contributed by atoms with Gasteiger partial charge in [-0.3, -0.25) is 0 Å². The first-order valence-electron chi connectivity index (χ1n) is 4.56. The summed E-state index contributed by atoms with van der Waals surface area (Å²) < 4.78 is 1.81. The van der Waals surface area contributed by atoms with E-state index in [1.807, 2.05) is 10.6 Å². The summed E-state index contributed by atoms with van der Waals surface area (Å²) in [6.45, 7) is 1.67. The van der Waals surface area contributed by atoms with Crippen molar-refractivity contribution in [2.75, 3.05) is 0 Å². The molecule has 1 heterocycles. The average molecular weight is 348 g/mol. The molecule has 2 rings (SSSR count). The van der Waals surface area contributed by atoms with Gasteiger partial charge >= 0.3 is 0 Å². The van der Waals surface area contributed by atoms with Gasteiger partial charge in [0.05, 0.1) is 12.6 Å². The first kappa shape index (κ1) is 11.7. The number of aromatic hydroxyl groups is 2. The third kappa shape index (κ3) is 2.15. The molecule has 0 spiro atoms. The van der Waals surface area contributed by atoms with Gasteiger partial charge in [0.15, 0.2) is 0 Å². The van der Waals surface area contributed by atoms with E-state index < -0.39 is 0 Å². The number of hydrogen-bond donors (Lipinski definition) is 2. The highest BCUT2D eigenvalue weighted by Crippen LogP contribution is 2.34. The number of benzene rings is 1. The Morgan fingerprint density at radius 1 is 1.25 bits per heavy atom. The van der Waals surface area contributed by atoms with Gasteiger partial charge < -0.3 is 10.2 Å². The lowest BCUT2D eigenvalue weighted by atomic mass is 10.1. The highest BCUT2D eigenvalue weighted by molar-refractivity contribution is 14.2. The highest BCUT2D eigenvalue weighted by atomic mass is 127. The van der Waals surface area contributed by atoms with Crippen LogP contribution < -0.4 is 0 Å². The van der Waals surface area contributed by atoms with E-state index in [1.54, 1.807) is 25.3 Å². The second kappa shape index (κ2) is 4.59. The molecular formula is C10H10IN2O2P. The van der Waals surface area contributed by atoms with E-state index in [0.29, 0.717) is 11.9 Å². The van der Waals surface area contributed by atoms with Crippen molar-refractivity contribution in [3.63, 3.8) is 0 Å². The van der Waals surface area contributed by atoms with Gasteiger partial charge in [0, 0.05) is 17.3 Å². The van der Waals surface area contributed by atoms with E-state index in [1.165, 1.54) is 0 Å². The number of aromatic nitrogens is 2. The van der Waals surface area contributed by atoms with Crippen molar-refractivity contribution in [2.45, 2.75) is 6.92 Å².